The molecule has 0 aliphatic heterocycles. The van der Waals surface area contributed by atoms with Crippen molar-refractivity contribution in [2.24, 2.45) is 0 Å². The summed E-state index contributed by atoms with van der Waals surface area (Å²) < 4.78 is 6.26. The number of hydrogen-bond acceptors (Lipinski definition) is 5. The number of rotatable bonds is 8. The number of nitrogens with zero attached hydrogens (tertiary/aromatic N) is 2. The third kappa shape index (κ3) is 4.98. The molecule has 1 N–H and O–H groups in total. The summed E-state index contributed by atoms with van der Waals surface area (Å²) in [6.07, 6.45) is 2.04. The van der Waals surface area contributed by atoms with Crippen molar-refractivity contribution in [3.63, 3.8) is 0 Å². The lowest BCUT2D eigenvalue weighted by atomic mass is 10.1. The first-order valence-electron chi connectivity index (χ1n) is 7.00. The average Bonchev–Trinajstić information content (AvgIpc) is 2.94. The summed E-state index contributed by atoms with van der Waals surface area (Å²) in [6.45, 7) is 4.77. The van der Waals surface area contributed by atoms with E-state index >= 15 is 0 Å². The molecule has 1 heterocycles. The van der Waals surface area contributed by atoms with Gasteiger partial charge in [-0.3, -0.25) is 0 Å². The fourth-order valence-electron chi connectivity index (χ4n) is 1.94. The molecule has 4 nitrogen and oxygen atoms in total. The Labute approximate surface area is 143 Å². The van der Waals surface area contributed by atoms with E-state index in [4.69, 9.17) is 4.74 Å². The minimum atomic E-state index is 0.759. The van der Waals surface area contributed by atoms with Crippen molar-refractivity contribution in [2.45, 2.75) is 19.8 Å². The van der Waals surface area contributed by atoms with Crippen molar-refractivity contribution < 1.29 is 4.74 Å². The summed E-state index contributed by atoms with van der Waals surface area (Å²) in [5.41, 5.74) is 2.48. The average molecular weight is 417 g/mol. The predicted molar refractivity (Wildman–Crippen MR) is 95.9 cm³/mol. The highest BCUT2D eigenvalue weighted by Gasteiger charge is 2.10. The van der Waals surface area contributed by atoms with Gasteiger partial charge in [-0.2, -0.15) is 0 Å². The van der Waals surface area contributed by atoms with E-state index in [0.717, 1.165) is 42.6 Å². The van der Waals surface area contributed by atoms with Gasteiger partial charge in [-0.15, -0.1) is 10.2 Å². The number of ether oxygens (including phenoxy) is 1. The minimum absolute atomic E-state index is 0.759. The van der Waals surface area contributed by atoms with Crippen LogP contribution < -0.4 is 5.32 Å². The van der Waals surface area contributed by atoms with Crippen LogP contribution in [0.15, 0.2) is 18.2 Å². The van der Waals surface area contributed by atoms with Crippen molar-refractivity contribution in [3.8, 4) is 10.6 Å². The molecular formula is C15H20IN3OS. The molecule has 6 heteroatoms. The van der Waals surface area contributed by atoms with Crippen LogP contribution in [0.1, 0.15) is 17.0 Å². The van der Waals surface area contributed by atoms with Gasteiger partial charge < -0.3 is 10.1 Å². The van der Waals surface area contributed by atoms with Gasteiger partial charge in [0.2, 0.25) is 0 Å². The molecule has 0 saturated heterocycles. The number of aromatic nitrogens is 2. The molecule has 114 valence electrons. The Morgan fingerprint density at radius 3 is 2.95 bits per heavy atom. The Balaban J connectivity index is 1.88. The highest BCUT2D eigenvalue weighted by atomic mass is 127. The number of benzene rings is 1. The molecule has 1 aromatic heterocycles. The van der Waals surface area contributed by atoms with E-state index in [1.165, 1.54) is 14.7 Å². The van der Waals surface area contributed by atoms with E-state index in [2.05, 4.69) is 63.2 Å². The lowest BCUT2D eigenvalue weighted by Gasteiger charge is -2.03. The first kappa shape index (κ1) is 16.8. The quantitative estimate of drug-likeness (QED) is 0.529. The summed E-state index contributed by atoms with van der Waals surface area (Å²) in [6, 6.07) is 6.32. The zero-order chi connectivity index (χ0) is 15.1. The fourth-order valence-corrected chi connectivity index (χ4v) is 3.65. The molecule has 0 atom stereocenters. The van der Waals surface area contributed by atoms with Crippen molar-refractivity contribution in [1.29, 1.82) is 0 Å². The van der Waals surface area contributed by atoms with Gasteiger partial charge in [0.1, 0.15) is 10.0 Å². The van der Waals surface area contributed by atoms with E-state index in [1.807, 2.05) is 0 Å². The van der Waals surface area contributed by atoms with Gasteiger partial charge in [-0.1, -0.05) is 29.5 Å². The SMILES string of the molecule is COCCNCCCc1nnc(-c2cccc(C)c2I)s1. The molecule has 0 aliphatic carbocycles. The molecule has 0 bridgehead atoms. The van der Waals surface area contributed by atoms with Crippen LogP contribution in [-0.4, -0.2) is 37.0 Å². The molecule has 0 aliphatic rings. The highest BCUT2D eigenvalue weighted by Crippen LogP contribution is 2.30. The number of nitrogens with one attached hydrogen (secondary N) is 1. The van der Waals surface area contributed by atoms with Crippen LogP contribution in [0.3, 0.4) is 0 Å². The Kier molecular flexibility index (Phi) is 7.01. The summed E-state index contributed by atoms with van der Waals surface area (Å²) in [4.78, 5) is 0. The maximum Gasteiger partial charge on any atom is 0.148 e. The Morgan fingerprint density at radius 1 is 1.29 bits per heavy atom. The van der Waals surface area contributed by atoms with Crippen LogP contribution >= 0.6 is 33.9 Å². The monoisotopic (exact) mass is 417 g/mol. The zero-order valence-corrected chi connectivity index (χ0v) is 15.3. The highest BCUT2D eigenvalue weighted by molar-refractivity contribution is 14.1. The number of aryl methyl sites for hydroxylation is 2. The second kappa shape index (κ2) is 8.77. The minimum Gasteiger partial charge on any atom is -0.383 e. The molecule has 0 saturated carbocycles. The van der Waals surface area contributed by atoms with Crippen molar-refractivity contribution in [1.82, 2.24) is 15.5 Å². The largest absolute Gasteiger partial charge is 0.383 e. The molecule has 2 rings (SSSR count). The molecule has 0 radical (unpaired) electrons. The molecule has 0 amide bonds. The van der Waals surface area contributed by atoms with Crippen molar-refractivity contribution in [2.75, 3.05) is 26.8 Å². The van der Waals surface area contributed by atoms with E-state index < -0.39 is 0 Å². The Hall–Kier alpha value is -0.570. The molecule has 0 spiro atoms. The van der Waals surface area contributed by atoms with E-state index in [1.54, 1.807) is 18.4 Å². The van der Waals surface area contributed by atoms with Gasteiger partial charge in [-0.25, -0.2) is 0 Å². The molecule has 21 heavy (non-hydrogen) atoms. The maximum atomic E-state index is 5.00. The van der Waals surface area contributed by atoms with E-state index in [0.29, 0.717) is 0 Å². The lowest BCUT2D eigenvalue weighted by molar-refractivity contribution is 0.199. The second-order valence-corrected chi connectivity index (χ2v) is 6.92. The molecular weight excluding hydrogens is 397 g/mol. The van der Waals surface area contributed by atoms with Crippen molar-refractivity contribution >= 4 is 33.9 Å². The first-order valence-corrected chi connectivity index (χ1v) is 8.89. The number of hydrogen-bond donors (Lipinski definition) is 1. The van der Waals surface area contributed by atoms with Gasteiger partial charge in [0.05, 0.1) is 6.61 Å². The zero-order valence-electron chi connectivity index (χ0n) is 12.4. The smallest absolute Gasteiger partial charge is 0.148 e. The van der Waals surface area contributed by atoms with Crippen LogP contribution in [-0.2, 0) is 11.2 Å². The van der Waals surface area contributed by atoms with Gasteiger partial charge in [0.25, 0.3) is 0 Å². The summed E-state index contributed by atoms with van der Waals surface area (Å²) in [7, 11) is 1.72. The standard InChI is InChI=1S/C15H20IN3OS/c1-11-5-3-6-12(14(11)16)15-19-18-13(21-15)7-4-8-17-9-10-20-2/h3,5-6,17H,4,7-10H2,1-2H3. The summed E-state index contributed by atoms with van der Waals surface area (Å²) in [5.74, 6) is 0. The van der Waals surface area contributed by atoms with E-state index in [-0.39, 0.29) is 0 Å². The normalized spacial score (nSPS) is 11.0. The summed E-state index contributed by atoms with van der Waals surface area (Å²) >= 11 is 4.08. The van der Waals surface area contributed by atoms with Crippen LogP contribution in [0.5, 0.6) is 0 Å². The summed E-state index contributed by atoms with van der Waals surface area (Å²) in [5, 5.41) is 14.1. The van der Waals surface area contributed by atoms with Gasteiger partial charge in [0.15, 0.2) is 0 Å². The first-order chi connectivity index (χ1) is 10.2. The van der Waals surface area contributed by atoms with Crippen LogP contribution in [0.25, 0.3) is 10.6 Å². The van der Waals surface area contributed by atoms with Crippen LogP contribution in [0, 0.1) is 10.5 Å². The fraction of sp³-hybridized carbons (Fsp3) is 0.467. The third-order valence-corrected chi connectivity index (χ3v) is 5.56. The number of methoxy groups -OCH3 is 1. The Morgan fingerprint density at radius 2 is 2.14 bits per heavy atom. The van der Waals surface area contributed by atoms with Gasteiger partial charge in [0, 0.05) is 29.2 Å². The van der Waals surface area contributed by atoms with Gasteiger partial charge in [-0.05, 0) is 48.0 Å². The molecule has 1 aromatic carbocycles. The number of halogens is 1. The van der Waals surface area contributed by atoms with Crippen molar-refractivity contribution in [3.05, 3.63) is 32.3 Å². The Bertz CT molecular complexity index is 574. The molecule has 2 aromatic rings. The second-order valence-electron chi connectivity index (χ2n) is 4.78. The molecule has 0 fully saturated rings. The maximum absolute atomic E-state index is 5.00. The van der Waals surface area contributed by atoms with E-state index in [9.17, 15) is 0 Å². The predicted octanol–water partition coefficient (Wildman–Crippen LogP) is 3.29. The lowest BCUT2D eigenvalue weighted by Crippen LogP contribution is -2.20. The van der Waals surface area contributed by atoms with Gasteiger partial charge >= 0.3 is 0 Å². The van der Waals surface area contributed by atoms with Crippen LogP contribution in [0.2, 0.25) is 0 Å². The molecule has 0 unspecified atom stereocenters. The third-order valence-electron chi connectivity index (χ3n) is 3.12. The van der Waals surface area contributed by atoms with Crippen LogP contribution in [0.4, 0.5) is 0 Å². The topological polar surface area (TPSA) is 47.0 Å².